The molecule has 2 N–H and O–H groups in total. The van der Waals surface area contributed by atoms with Gasteiger partial charge in [-0.05, 0) is 39.2 Å². The lowest BCUT2D eigenvalue weighted by molar-refractivity contribution is 0.440. The number of nitrogens with zero attached hydrogens (tertiary/aromatic N) is 2. The fourth-order valence-electron chi connectivity index (χ4n) is 2.44. The Hall–Kier alpha value is -0.960. The van der Waals surface area contributed by atoms with E-state index >= 15 is 0 Å². The molecule has 1 aromatic rings. The van der Waals surface area contributed by atoms with Crippen molar-refractivity contribution in [3.05, 3.63) is 23.3 Å². The number of nitrogens with two attached hydrogens (primary N) is 1. The topological polar surface area (TPSA) is 51.8 Å². The Labute approximate surface area is 104 Å². The summed E-state index contributed by atoms with van der Waals surface area (Å²) < 4.78 is 0. The average Bonchev–Trinajstić information content (AvgIpc) is 2.81. The third-order valence-corrected chi connectivity index (χ3v) is 3.89. The number of aryl methyl sites for hydroxylation is 1. The first-order valence-electron chi connectivity index (χ1n) is 6.68. The van der Waals surface area contributed by atoms with Crippen molar-refractivity contribution in [2.75, 3.05) is 0 Å². The SMILES string of the molecule is CCC(C)(N)c1nc(C)cc(C2CCCC2)n1. The molecule has 94 valence electrons. The second-order valence-corrected chi connectivity index (χ2v) is 5.51. The van der Waals surface area contributed by atoms with Crippen molar-refractivity contribution < 1.29 is 0 Å². The number of hydrogen-bond acceptors (Lipinski definition) is 3. The van der Waals surface area contributed by atoms with Gasteiger partial charge in [0, 0.05) is 17.3 Å². The Balaban J connectivity index is 2.35. The van der Waals surface area contributed by atoms with Gasteiger partial charge in [0.05, 0.1) is 5.54 Å². The summed E-state index contributed by atoms with van der Waals surface area (Å²) in [7, 11) is 0. The Kier molecular flexibility index (Phi) is 3.48. The molecule has 0 radical (unpaired) electrons. The number of rotatable bonds is 3. The normalized spacial score (nSPS) is 20.5. The minimum atomic E-state index is -0.403. The largest absolute Gasteiger partial charge is 0.319 e. The van der Waals surface area contributed by atoms with Crippen molar-refractivity contribution in [3.8, 4) is 0 Å². The van der Waals surface area contributed by atoms with Crippen LogP contribution in [0.4, 0.5) is 0 Å². The van der Waals surface area contributed by atoms with Gasteiger partial charge in [-0.15, -0.1) is 0 Å². The predicted molar refractivity (Wildman–Crippen MR) is 69.8 cm³/mol. The molecule has 1 unspecified atom stereocenters. The lowest BCUT2D eigenvalue weighted by Gasteiger charge is -2.22. The van der Waals surface area contributed by atoms with Crippen LogP contribution in [0.5, 0.6) is 0 Å². The van der Waals surface area contributed by atoms with E-state index in [1.807, 2.05) is 13.8 Å². The van der Waals surface area contributed by atoms with Crippen LogP contribution in [0.3, 0.4) is 0 Å². The summed E-state index contributed by atoms with van der Waals surface area (Å²) >= 11 is 0. The van der Waals surface area contributed by atoms with Crippen LogP contribution < -0.4 is 5.73 Å². The highest BCUT2D eigenvalue weighted by Crippen LogP contribution is 2.33. The predicted octanol–water partition coefficient (Wildman–Crippen LogP) is 3.03. The first kappa shape index (κ1) is 12.5. The van der Waals surface area contributed by atoms with Crippen LogP contribution in [-0.2, 0) is 5.54 Å². The van der Waals surface area contributed by atoms with E-state index in [0.29, 0.717) is 5.92 Å². The van der Waals surface area contributed by atoms with Crippen LogP contribution >= 0.6 is 0 Å². The van der Waals surface area contributed by atoms with Gasteiger partial charge in [0.15, 0.2) is 0 Å². The summed E-state index contributed by atoms with van der Waals surface area (Å²) in [5, 5.41) is 0. The van der Waals surface area contributed by atoms with Crippen molar-refractivity contribution in [2.45, 2.75) is 64.3 Å². The zero-order chi connectivity index (χ0) is 12.5. The molecule has 3 nitrogen and oxygen atoms in total. The molecule has 1 saturated carbocycles. The van der Waals surface area contributed by atoms with Crippen molar-refractivity contribution in [3.63, 3.8) is 0 Å². The molecule has 2 rings (SSSR count). The molecule has 17 heavy (non-hydrogen) atoms. The first-order valence-corrected chi connectivity index (χ1v) is 6.68. The maximum absolute atomic E-state index is 6.25. The molecule has 1 fully saturated rings. The first-order chi connectivity index (χ1) is 8.03. The molecule has 0 bridgehead atoms. The molecule has 0 amide bonds. The molecular weight excluding hydrogens is 210 g/mol. The molecule has 1 atom stereocenters. The lowest BCUT2D eigenvalue weighted by atomic mass is 9.97. The number of aromatic nitrogens is 2. The molecule has 1 aromatic heterocycles. The number of hydrogen-bond donors (Lipinski definition) is 1. The zero-order valence-corrected chi connectivity index (χ0v) is 11.2. The van der Waals surface area contributed by atoms with Gasteiger partial charge in [-0.2, -0.15) is 0 Å². The zero-order valence-electron chi connectivity index (χ0n) is 11.2. The maximum Gasteiger partial charge on any atom is 0.148 e. The highest BCUT2D eigenvalue weighted by Gasteiger charge is 2.25. The summed E-state index contributed by atoms with van der Waals surface area (Å²) in [6.45, 7) is 6.14. The van der Waals surface area contributed by atoms with Crippen molar-refractivity contribution in [1.82, 2.24) is 9.97 Å². The Bertz CT molecular complexity index is 392. The molecular formula is C14H23N3. The van der Waals surface area contributed by atoms with E-state index in [2.05, 4.69) is 18.0 Å². The quantitative estimate of drug-likeness (QED) is 0.873. The van der Waals surface area contributed by atoms with Crippen LogP contribution in [-0.4, -0.2) is 9.97 Å². The molecule has 3 heteroatoms. The summed E-state index contributed by atoms with van der Waals surface area (Å²) in [5.74, 6) is 1.44. The fraction of sp³-hybridized carbons (Fsp3) is 0.714. The minimum absolute atomic E-state index is 0.403. The van der Waals surface area contributed by atoms with E-state index in [1.54, 1.807) is 0 Å². The Morgan fingerprint density at radius 2 is 2.00 bits per heavy atom. The average molecular weight is 233 g/mol. The van der Waals surface area contributed by atoms with Gasteiger partial charge in [0.2, 0.25) is 0 Å². The summed E-state index contributed by atoms with van der Waals surface area (Å²) in [5.41, 5.74) is 8.09. The van der Waals surface area contributed by atoms with Crippen LogP contribution in [0.2, 0.25) is 0 Å². The van der Waals surface area contributed by atoms with Gasteiger partial charge in [0.25, 0.3) is 0 Å². The maximum atomic E-state index is 6.25. The highest BCUT2D eigenvalue weighted by atomic mass is 15.0. The van der Waals surface area contributed by atoms with Gasteiger partial charge in [-0.3, -0.25) is 0 Å². The van der Waals surface area contributed by atoms with Crippen molar-refractivity contribution in [2.24, 2.45) is 5.73 Å². The third kappa shape index (κ3) is 2.65. The molecule has 0 aliphatic heterocycles. The van der Waals surface area contributed by atoms with Crippen LogP contribution in [0, 0.1) is 6.92 Å². The van der Waals surface area contributed by atoms with E-state index in [9.17, 15) is 0 Å². The Morgan fingerprint density at radius 3 is 2.59 bits per heavy atom. The van der Waals surface area contributed by atoms with E-state index in [-0.39, 0.29) is 0 Å². The molecule has 1 aliphatic rings. The highest BCUT2D eigenvalue weighted by molar-refractivity contribution is 5.18. The molecule has 1 heterocycles. The summed E-state index contributed by atoms with van der Waals surface area (Å²) in [6.07, 6.45) is 6.06. The second-order valence-electron chi connectivity index (χ2n) is 5.51. The smallest absolute Gasteiger partial charge is 0.148 e. The molecule has 1 aliphatic carbocycles. The van der Waals surface area contributed by atoms with E-state index in [0.717, 1.165) is 17.9 Å². The van der Waals surface area contributed by atoms with Gasteiger partial charge in [-0.25, -0.2) is 9.97 Å². The van der Waals surface area contributed by atoms with E-state index in [1.165, 1.54) is 31.4 Å². The van der Waals surface area contributed by atoms with Gasteiger partial charge < -0.3 is 5.73 Å². The molecule has 0 aromatic carbocycles. The minimum Gasteiger partial charge on any atom is -0.319 e. The molecule has 0 saturated heterocycles. The van der Waals surface area contributed by atoms with Gasteiger partial charge >= 0.3 is 0 Å². The van der Waals surface area contributed by atoms with E-state index < -0.39 is 5.54 Å². The lowest BCUT2D eigenvalue weighted by Crippen LogP contribution is -2.35. The summed E-state index contributed by atoms with van der Waals surface area (Å²) in [6, 6.07) is 2.13. The van der Waals surface area contributed by atoms with E-state index in [4.69, 9.17) is 10.7 Å². The second kappa shape index (κ2) is 4.73. The van der Waals surface area contributed by atoms with Crippen molar-refractivity contribution >= 4 is 0 Å². The van der Waals surface area contributed by atoms with Gasteiger partial charge in [-0.1, -0.05) is 19.8 Å². The Morgan fingerprint density at radius 1 is 1.35 bits per heavy atom. The molecule has 0 spiro atoms. The van der Waals surface area contributed by atoms with Crippen LogP contribution in [0.15, 0.2) is 6.07 Å². The fourth-order valence-corrected chi connectivity index (χ4v) is 2.44. The van der Waals surface area contributed by atoms with Crippen LogP contribution in [0.25, 0.3) is 0 Å². The standard InChI is InChI=1S/C14H23N3/c1-4-14(3,15)13-16-10(2)9-12(17-13)11-7-5-6-8-11/h9,11H,4-8,15H2,1-3H3. The summed E-state index contributed by atoms with van der Waals surface area (Å²) in [4.78, 5) is 9.23. The van der Waals surface area contributed by atoms with Gasteiger partial charge in [0.1, 0.15) is 5.82 Å². The monoisotopic (exact) mass is 233 g/mol. The third-order valence-electron chi connectivity index (χ3n) is 3.89. The van der Waals surface area contributed by atoms with Crippen LogP contribution in [0.1, 0.15) is 69.1 Å². The van der Waals surface area contributed by atoms with Crippen molar-refractivity contribution in [1.29, 1.82) is 0 Å².